The predicted molar refractivity (Wildman–Crippen MR) is 149 cm³/mol. The lowest BCUT2D eigenvalue weighted by atomic mass is 10.0. The molecule has 0 saturated carbocycles. The lowest BCUT2D eigenvalue weighted by Crippen LogP contribution is -2.67. The predicted octanol–water partition coefficient (Wildman–Crippen LogP) is 5.99. The highest BCUT2D eigenvalue weighted by molar-refractivity contribution is 9.10. The zero-order valence-corrected chi connectivity index (χ0v) is 24.2. The Bertz CT molecular complexity index is 1120. The Balaban J connectivity index is 1.50. The van der Waals surface area contributed by atoms with Gasteiger partial charge in [0.1, 0.15) is 24.4 Å². The van der Waals surface area contributed by atoms with Gasteiger partial charge in [0.05, 0.1) is 6.61 Å². The van der Waals surface area contributed by atoms with Gasteiger partial charge in [0.15, 0.2) is 5.79 Å². The van der Waals surface area contributed by atoms with E-state index in [1.54, 1.807) is 0 Å². The fourth-order valence-electron chi connectivity index (χ4n) is 5.71. The maximum absolute atomic E-state index is 7.20. The lowest BCUT2D eigenvalue weighted by molar-refractivity contribution is -0.190. The Hall–Kier alpha value is -1.80. The second-order valence-electron chi connectivity index (χ2n) is 11.2. The van der Waals surface area contributed by atoms with Crippen LogP contribution in [-0.4, -0.2) is 39.0 Å². The molecule has 4 atom stereocenters. The van der Waals surface area contributed by atoms with Crippen molar-refractivity contribution in [3.05, 3.63) is 95.0 Å². The first-order chi connectivity index (χ1) is 17.1. The summed E-state index contributed by atoms with van der Waals surface area (Å²) in [7, 11) is -2.69. The standard InChI is InChI=1S/C30H35BrO4Si/c1-29(2,3)36(23-12-8-6-9-13-23,24-14-10-7-11-15-24)32-20-25-27-28(35-30(4,5)34-27)26(33-25)21-16-18-22(31)19-17-21/h6-19,25-28H,20H2,1-5H3/t25-,26+,27-,28+/m1/s1. The van der Waals surface area contributed by atoms with Gasteiger partial charge in [-0.15, -0.1) is 0 Å². The summed E-state index contributed by atoms with van der Waals surface area (Å²) < 4.78 is 27.7. The largest absolute Gasteiger partial charge is 0.405 e. The van der Waals surface area contributed by atoms with E-state index in [0.29, 0.717) is 6.61 Å². The van der Waals surface area contributed by atoms with Gasteiger partial charge < -0.3 is 18.6 Å². The van der Waals surface area contributed by atoms with E-state index in [2.05, 4.69) is 109 Å². The maximum atomic E-state index is 7.20. The molecular weight excluding hydrogens is 532 g/mol. The molecular formula is C30H35BrO4Si. The van der Waals surface area contributed by atoms with E-state index in [1.165, 1.54) is 10.4 Å². The normalized spacial score (nSPS) is 25.6. The van der Waals surface area contributed by atoms with E-state index < -0.39 is 14.1 Å². The topological polar surface area (TPSA) is 36.9 Å². The molecule has 0 N–H and O–H groups in total. The fourth-order valence-corrected chi connectivity index (χ4v) is 10.5. The van der Waals surface area contributed by atoms with E-state index in [9.17, 15) is 0 Å². The van der Waals surface area contributed by atoms with E-state index in [4.69, 9.17) is 18.6 Å². The Kier molecular flexibility index (Phi) is 7.05. The van der Waals surface area contributed by atoms with Crippen LogP contribution in [-0.2, 0) is 18.6 Å². The smallest absolute Gasteiger partial charge is 0.261 e. The molecule has 0 aliphatic carbocycles. The van der Waals surface area contributed by atoms with Gasteiger partial charge in [-0.05, 0) is 47.0 Å². The highest BCUT2D eigenvalue weighted by Crippen LogP contribution is 2.46. The third-order valence-corrected chi connectivity index (χ3v) is 12.8. The quantitative estimate of drug-likeness (QED) is 0.343. The third-order valence-electron chi connectivity index (χ3n) is 7.23. The third kappa shape index (κ3) is 4.75. The van der Waals surface area contributed by atoms with E-state index in [0.717, 1.165) is 10.0 Å². The number of rotatable bonds is 6. The number of hydrogen-bond acceptors (Lipinski definition) is 4. The number of halogens is 1. The van der Waals surface area contributed by atoms with Crippen LogP contribution in [0.15, 0.2) is 89.4 Å². The number of ether oxygens (including phenoxy) is 3. The van der Waals surface area contributed by atoms with Crippen LogP contribution >= 0.6 is 15.9 Å². The zero-order chi connectivity index (χ0) is 25.6. The minimum absolute atomic E-state index is 0.106. The summed E-state index contributed by atoms with van der Waals surface area (Å²) in [6, 6.07) is 29.7. The van der Waals surface area contributed by atoms with Crippen molar-refractivity contribution in [2.75, 3.05) is 6.61 Å². The van der Waals surface area contributed by atoms with Crippen molar-refractivity contribution in [1.29, 1.82) is 0 Å². The average Bonchev–Trinajstić information content (AvgIpc) is 3.33. The first-order valence-corrected chi connectivity index (χ1v) is 15.3. The minimum Gasteiger partial charge on any atom is -0.405 e. The molecule has 0 spiro atoms. The number of benzene rings is 3. The zero-order valence-electron chi connectivity index (χ0n) is 21.6. The van der Waals surface area contributed by atoms with Gasteiger partial charge in [0.2, 0.25) is 0 Å². The molecule has 3 aromatic rings. The molecule has 190 valence electrons. The highest BCUT2D eigenvalue weighted by atomic mass is 79.9. The SMILES string of the molecule is CC1(C)O[C@@H]2[C@H](O1)[C@@H](CO[Si](c1ccccc1)(c1ccccc1)C(C)(C)C)O[C@H]2c1ccc(Br)cc1. The van der Waals surface area contributed by atoms with Crippen molar-refractivity contribution in [2.45, 2.75) is 69.9 Å². The Morgan fingerprint density at radius 2 is 1.33 bits per heavy atom. The van der Waals surface area contributed by atoms with Crippen molar-refractivity contribution in [1.82, 2.24) is 0 Å². The number of hydrogen-bond donors (Lipinski definition) is 0. The molecule has 0 amide bonds. The summed E-state index contributed by atoms with van der Waals surface area (Å²) in [6.07, 6.45) is -0.842. The van der Waals surface area contributed by atoms with Crippen LogP contribution in [0.2, 0.25) is 5.04 Å². The molecule has 2 aliphatic rings. The van der Waals surface area contributed by atoms with E-state index in [-0.39, 0.29) is 29.5 Å². The van der Waals surface area contributed by atoms with Gasteiger partial charge in [0.25, 0.3) is 8.32 Å². The van der Waals surface area contributed by atoms with Crippen molar-refractivity contribution < 1.29 is 18.6 Å². The monoisotopic (exact) mass is 566 g/mol. The van der Waals surface area contributed by atoms with Crippen LogP contribution in [0.1, 0.15) is 46.3 Å². The van der Waals surface area contributed by atoms with E-state index in [1.807, 2.05) is 26.0 Å². The maximum Gasteiger partial charge on any atom is 0.261 e. The summed E-state index contributed by atoms with van der Waals surface area (Å²) >= 11 is 3.54. The molecule has 0 aromatic heterocycles. The van der Waals surface area contributed by atoms with Gasteiger partial charge in [-0.2, -0.15) is 0 Å². The van der Waals surface area contributed by atoms with Gasteiger partial charge in [0, 0.05) is 4.47 Å². The Morgan fingerprint density at radius 3 is 1.86 bits per heavy atom. The van der Waals surface area contributed by atoms with Crippen LogP contribution in [0.25, 0.3) is 0 Å². The Morgan fingerprint density at radius 1 is 0.806 bits per heavy atom. The molecule has 0 radical (unpaired) electrons. The summed E-state index contributed by atoms with van der Waals surface area (Å²) in [5.74, 6) is -0.664. The van der Waals surface area contributed by atoms with Gasteiger partial charge in [-0.25, -0.2) is 0 Å². The first-order valence-electron chi connectivity index (χ1n) is 12.6. The molecule has 4 nitrogen and oxygen atoms in total. The second kappa shape index (κ2) is 9.82. The summed E-state index contributed by atoms with van der Waals surface area (Å²) in [5, 5.41) is 2.41. The van der Waals surface area contributed by atoms with Crippen LogP contribution in [0, 0.1) is 0 Å². The molecule has 0 unspecified atom stereocenters. The van der Waals surface area contributed by atoms with E-state index >= 15 is 0 Å². The molecule has 2 fully saturated rings. The van der Waals surface area contributed by atoms with Crippen LogP contribution in [0.5, 0.6) is 0 Å². The van der Waals surface area contributed by atoms with Crippen molar-refractivity contribution in [3.8, 4) is 0 Å². The minimum atomic E-state index is -2.69. The molecule has 36 heavy (non-hydrogen) atoms. The second-order valence-corrected chi connectivity index (χ2v) is 16.4. The van der Waals surface area contributed by atoms with Crippen LogP contribution in [0.4, 0.5) is 0 Å². The average molecular weight is 568 g/mol. The summed E-state index contributed by atoms with van der Waals surface area (Å²) in [5.41, 5.74) is 1.09. The summed E-state index contributed by atoms with van der Waals surface area (Å²) in [4.78, 5) is 0. The van der Waals surface area contributed by atoms with Gasteiger partial charge in [-0.1, -0.05) is 109 Å². The first kappa shape index (κ1) is 25.8. The summed E-state index contributed by atoms with van der Waals surface area (Å²) in [6.45, 7) is 11.3. The highest BCUT2D eigenvalue weighted by Gasteiger charge is 2.57. The molecule has 3 aromatic carbocycles. The van der Waals surface area contributed by atoms with Gasteiger partial charge >= 0.3 is 0 Å². The van der Waals surface area contributed by atoms with Crippen molar-refractivity contribution in [2.24, 2.45) is 0 Å². The molecule has 2 saturated heterocycles. The van der Waals surface area contributed by atoms with Crippen LogP contribution in [0.3, 0.4) is 0 Å². The molecule has 2 aliphatic heterocycles. The lowest BCUT2D eigenvalue weighted by Gasteiger charge is -2.43. The molecule has 5 rings (SSSR count). The van der Waals surface area contributed by atoms with Crippen LogP contribution < -0.4 is 10.4 Å². The van der Waals surface area contributed by atoms with Gasteiger partial charge in [-0.3, -0.25) is 0 Å². The number of fused-ring (bicyclic) bond motifs is 1. The molecule has 6 heteroatoms. The Labute approximate surface area is 224 Å². The molecule has 0 bridgehead atoms. The van der Waals surface area contributed by atoms with Crippen molar-refractivity contribution in [3.63, 3.8) is 0 Å². The van der Waals surface area contributed by atoms with Crippen molar-refractivity contribution >= 4 is 34.6 Å². The fraction of sp³-hybridized carbons (Fsp3) is 0.400. The molecule has 2 heterocycles.